The number of amides is 1. The van der Waals surface area contributed by atoms with E-state index in [4.69, 9.17) is 4.74 Å². The minimum Gasteiger partial charge on any atom is -0.487 e. The fourth-order valence-corrected chi connectivity index (χ4v) is 4.07. The molecule has 0 bridgehead atoms. The van der Waals surface area contributed by atoms with Crippen molar-refractivity contribution in [1.29, 1.82) is 0 Å². The number of para-hydroxylation sites is 1. The molecule has 10 nitrogen and oxygen atoms in total. The van der Waals surface area contributed by atoms with Gasteiger partial charge in [-0.05, 0) is 48.9 Å². The average Bonchev–Trinajstić information content (AvgIpc) is 2.83. The summed E-state index contributed by atoms with van der Waals surface area (Å²) in [6, 6.07) is 19.5. The molecule has 0 unspecified atom stereocenters. The molecule has 0 spiro atoms. The van der Waals surface area contributed by atoms with E-state index in [0.717, 1.165) is 6.26 Å². The second-order valence-electron chi connectivity index (χ2n) is 7.42. The van der Waals surface area contributed by atoms with Crippen molar-refractivity contribution in [3.8, 4) is 5.75 Å². The number of rotatable bonds is 10. The van der Waals surface area contributed by atoms with E-state index in [1.165, 1.54) is 22.7 Å². The van der Waals surface area contributed by atoms with Crippen molar-refractivity contribution >= 4 is 33.5 Å². The van der Waals surface area contributed by atoms with Crippen molar-refractivity contribution in [2.45, 2.75) is 13.5 Å². The first kappa shape index (κ1) is 25.4. The van der Waals surface area contributed by atoms with Crippen molar-refractivity contribution in [2.24, 2.45) is 5.10 Å². The summed E-state index contributed by atoms with van der Waals surface area (Å²) in [5.41, 5.74) is 4.14. The molecule has 1 N–H and O–H groups in total. The normalized spacial score (nSPS) is 11.3. The SMILES string of the molecule is CCOc1ccc(/C=N\NC(=O)c2ccc(CN(c3ccccc3)S(C)(=O)=O)cc2)cc1[N+](=O)[O-]. The topological polar surface area (TPSA) is 131 Å². The molecule has 11 heteroatoms. The zero-order valence-electron chi connectivity index (χ0n) is 19.1. The van der Waals surface area contributed by atoms with Crippen LogP contribution >= 0.6 is 0 Å². The largest absolute Gasteiger partial charge is 0.487 e. The van der Waals surface area contributed by atoms with E-state index >= 15 is 0 Å². The number of nitro benzene ring substituents is 1. The van der Waals surface area contributed by atoms with Crippen molar-refractivity contribution in [1.82, 2.24) is 5.43 Å². The predicted octanol–water partition coefficient (Wildman–Crippen LogP) is 3.72. The van der Waals surface area contributed by atoms with E-state index in [-0.39, 0.29) is 18.0 Å². The maximum atomic E-state index is 12.4. The highest BCUT2D eigenvalue weighted by molar-refractivity contribution is 7.92. The van der Waals surface area contributed by atoms with E-state index in [2.05, 4.69) is 10.5 Å². The summed E-state index contributed by atoms with van der Waals surface area (Å²) >= 11 is 0. The van der Waals surface area contributed by atoms with E-state index in [0.29, 0.717) is 29.0 Å². The van der Waals surface area contributed by atoms with E-state index in [1.54, 1.807) is 67.6 Å². The first-order valence-electron chi connectivity index (χ1n) is 10.6. The maximum absolute atomic E-state index is 12.4. The number of hydrogen-bond acceptors (Lipinski definition) is 7. The summed E-state index contributed by atoms with van der Waals surface area (Å²) in [5, 5.41) is 15.1. The molecule has 3 aromatic carbocycles. The molecule has 0 aliphatic rings. The van der Waals surface area contributed by atoms with Crippen LogP contribution in [0, 0.1) is 10.1 Å². The van der Waals surface area contributed by atoms with Gasteiger partial charge in [-0.15, -0.1) is 0 Å². The molecule has 3 aromatic rings. The first-order valence-corrected chi connectivity index (χ1v) is 12.4. The molecule has 35 heavy (non-hydrogen) atoms. The van der Waals surface area contributed by atoms with Gasteiger partial charge in [0.2, 0.25) is 10.0 Å². The van der Waals surface area contributed by atoms with Crippen LogP contribution in [0.5, 0.6) is 5.75 Å². The van der Waals surface area contributed by atoms with Crippen LogP contribution in [0.1, 0.15) is 28.4 Å². The van der Waals surface area contributed by atoms with Crippen LogP contribution in [-0.2, 0) is 16.6 Å². The zero-order chi connectivity index (χ0) is 25.4. The van der Waals surface area contributed by atoms with Gasteiger partial charge in [0.15, 0.2) is 5.75 Å². The van der Waals surface area contributed by atoms with Gasteiger partial charge in [0.05, 0.1) is 36.2 Å². The lowest BCUT2D eigenvalue weighted by molar-refractivity contribution is -0.385. The molecule has 0 radical (unpaired) electrons. The minimum atomic E-state index is -3.51. The van der Waals surface area contributed by atoms with Crippen LogP contribution in [0.3, 0.4) is 0 Å². The molecule has 0 fully saturated rings. The number of carbonyl (C=O) groups excluding carboxylic acids is 1. The maximum Gasteiger partial charge on any atom is 0.311 e. The lowest BCUT2D eigenvalue weighted by Crippen LogP contribution is -2.29. The second kappa shape index (κ2) is 11.3. The Labute approximate surface area is 203 Å². The van der Waals surface area contributed by atoms with Crippen molar-refractivity contribution in [3.63, 3.8) is 0 Å². The Hall–Kier alpha value is -4.25. The van der Waals surface area contributed by atoms with Gasteiger partial charge in [-0.2, -0.15) is 5.10 Å². The van der Waals surface area contributed by atoms with Gasteiger partial charge in [0.25, 0.3) is 5.91 Å². The van der Waals surface area contributed by atoms with E-state index < -0.39 is 20.9 Å². The molecule has 0 aliphatic heterocycles. The number of carbonyl (C=O) groups is 1. The van der Waals surface area contributed by atoms with Crippen LogP contribution in [0.15, 0.2) is 77.9 Å². The molecule has 0 aromatic heterocycles. The van der Waals surface area contributed by atoms with Gasteiger partial charge in [0.1, 0.15) is 0 Å². The standard InChI is InChI=1S/C24H24N4O6S/c1-3-34-23-14-11-19(15-22(23)28(30)31)16-25-26-24(29)20-12-9-18(10-13-20)17-27(35(2,32)33)21-7-5-4-6-8-21/h4-16H,3,17H2,1-2H3,(H,26,29)/b25-16-. The van der Waals surface area contributed by atoms with Crippen molar-refractivity contribution < 1.29 is 22.9 Å². The van der Waals surface area contributed by atoms with Gasteiger partial charge in [-0.1, -0.05) is 30.3 Å². The average molecular weight is 497 g/mol. The number of ether oxygens (including phenoxy) is 1. The summed E-state index contributed by atoms with van der Waals surface area (Å²) in [6.07, 6.45) is 2.43. The van der Waals surface area contributed by atoms with Crippen LogP contribution in [0.25, 0.3) is 0 Å². The molecule has 0 saturated heterocycles. The van der Waals surface area contributed by atoms with Crippen molar-refractivity contribution in [3.05, 3.63) is 99.6 Å². The number of hydrogen-bond donors (Lipinski definition) is 1. The Kier molecular flexibility index (Phi) is 8.16. The van der Waals surface area contributed by atoms with Crippen molar-refractivity contribution in [2.75, 3.05) is 17.2 Å². The molecular weight excluding hydrogens is 472 g/mol. The summed E-state index contributed by atoms with van der Waals surface area (Å²) in [7, 11) is -3.51. The predicted molar refractivity (Wildman–Crippen MR) is 133 cm³/mol. The van der Waals surface area contributed by atoms with E-state index in [1.807, 2.05) is 0 Å². The number of benzene rings is 3. The number of nitro groups is 1. The Morgan fingerprint density at radius 1 is 1.11 bits per heavy atom. The molecule has 1 amide bonds. The highest BCUT2D eigenvalue weighted by Crippen LogP contribution is 2.27. The molecule has 0 saturated carbocycles. The summed E-state index contributed by atoms with van der Waals surface area (Å²) < 4.78 is 31.0. The van der Waals surface area contributed by atoms with Gasteiger partial charge in [0, 0.05) is 17.2 Å². The molecule has 182 valence electrons. The minimum absolute atomic E-state index is 0.111. The molecular formula is C24H24N4O6S. The molecule has 3 rings (SSSR count). The lowest BCUT2D eigenvalue weighted by atomic mass is 10.1. The summed E-state index contributed by atoms with van der Waals surface area (Å²) in [5.74, 6) is -0.336. The molecule has 0 aliphatic carbocycles. The zero-order valence-corrected chi connectivity index (χ0v) is 19.9. The van der Waals surface area contributed by atoms with Gasteiger partial charge in [-0.25, -0.2) is 13.8 Å². The second-order valence-corrected chi connectivity index (χ2v) is 9.33. The lowest BCUT2D eigenvalue weighted by Gasteiger charge is -2.22. The quantitative estimate of drug-likeness (QED) is 0.259. The number of nitrogens with zero attached hydrogens (tertiary/aromatic N) is 3. The third-order valence-electron chi connectivity index (χ3n) is 4.85. The monoisotopic (exact) mass is 496 g/mol. The fourth-order valence-electron chi connectivity index (χ4n) is 3.19. The van der Waals surface area contributed by atoms with Crippen LogP contribution in [0.2, 0.25) is 0 Å². The third-order valence-corrected chi connectivity index (χ3v) is 5.99. The number of anilines is 1. The van der Waals surface area contributed by atoms with Gasteiger partial charge >= 0.3 is 5.69 Å². The number of hydrazone groups is 1. The van der Waals surface area contributed by atoms with Gasteiger partial charge in [-0.3, -0.25) is 19.2 Å². The van der Waals surface area contributed by atoms with Gasteiger partial charge < -0.3 is 4.74 Å². The van der Waals surface area contributed by atoms with Crippen LogP contribution < -0.4 is 14.5 Å². The van der Waals surface area contributed by atoms with Crippen LogP contribution in [-0.4, -0.2) is 38.3 Å². The van der Waals surface area contributed by atoms with E-state index in [9.17, 15) is 23.3 Å². The Morgan fingerprint density at radius 3 is 2.40 bits per heavy atom. The highest BCUT2D eigenvalue weighted by atomic mass is 32.2. The number of nitrogens with one attached hydrogen (secondary N) is 1. The highest BCUT2D eigenvalue weighted by Gasteiger charge is 2.18. The molecule has 0 heterocycles. The summed E-state index contributed by atoms with van der Waals surface area (Å²) in [4.78, 5) is 23.1. The first-order chi connectivity index (χ1) is 16.7. The Balaban J connectivity index is 1.67. The third kappa shape index (κ3) is 6.87. The fraction of sp³-hybridized carbons (Fsp3) is 0.167. The molecule has 0 atom stereocenters. The smallest absolute Gasteiger partial charge is 0.311 e. The Bertz CT molecular complexity index is 1330. The summed E-state index contributed by atoms with van der Waals surface area (Å²) in [6.45, 7) is 2.13. The Morgan fingerprint density at radius 2 is 1.80 bits per heavy atom. The number of sulfonamides is 1. The van der Waals surface area contributed by atoms with Crippen LogP contribution in [0.4, 0.5) is 11.4 Å².